The molecule has 0 bridgehead atoms. The van der Waals surface area contributed by atoms with Gasteiger partial charge < -0.3 is 10.6 Å². The highest BCUT2D eigenvalue weighted by molar-refractivity contribution is 5.95. The number of halogens is 1. The van der Waals surface area contributed by atoms with Crippen LogP contribution in [0.2, 0.25) is 0 Å². The SMILES string of the molecule is Cc1ccc(NC(=O)C2(C)CCCNC2)cc1C.Cl. The molecule has 3 nitrogen and oxygen atoms in total. The highest BCUT2D eigenvalue weighted by Crippen LogP contribution is 2.27. The number of rotatable bonds is 2. The number of amides is 1. The molecule has 1 aliphatic heterocycles. The number of nitrogens with one attached hydrogen (secondary N) is 2. The number of piperidine rings is 1. The molecule has 0 saturated carbocycles. The zero-order valence-corrected chi connectivity index (χ0v) is 12.7. The second-order valence-electron chi connectivity index (χ2n) is 5.59. The number of carbonyl (C=O) groups excluding carboxylic acids is 1. The molecule has 0 aromatic heterocycles. The Morgan fingerprint density at radius 3 is 2.63 bits per heavy atom. The fraction of sp³-hybridized carbons (Fsp3) is 0.533. The molecular formula is C15H23ClN2O. The summed E-state index contributed by atoms with van der Waals surface area (Å²) in [6.07, 6.45) is 2.02. The molecule has 1 fully saturated rings. The first-order valence-corrected chi connectivity index (χ1v) is 6.61. The maximum absolute atomic E-state index is 12.3. The van der Waals surface area contributed by atoms with Crippen molar-refractivity contribution in [3.8, 4) is 0 Å². The van der Waals surface area contributed by atoms with Gasteiger partial charge in [0.2, 0.25) is 5.91 Å². The summed E-state index contributed by atoms with van der Waals surface area (Å²) in [5.74, 6) is 0.123. The number of aryl methyl sites for hydroxylation is 2. The minimum absolute atomic E-state index is 0. The van der Waals surface area contributed by atoms with Gasteiger partial charge in [-0.1, -0.05) is 6.07 Å². The summed E-state index contributed by atoms with van der Waals surface area (Å²) in [5.41, 5.74) is 3.07. The summed E-state index contributed by atoms with van der Waals surface area (Å²) < 4.78 is 0. The van der Waals surface area contributed by atoms with Crippen LogP contribution in [-0.4, -0.2) is 19.0 Å². The number of hydrogen-bond acceptors (Lipinski definition) is 2. The van der Waals surface area contributed by atoms with Gasteiger partial charge in [-0.25, -0.2) is 0 Å². The molecule has 19 heavy (non-hydrogen) atoms. The Balaban J connectivity index is 0.00000180. The molecule has 106 valence electrons. The van der Waals surface area contributed by atoms with Gasteiger partial charge >= 0.3 is 0 Å². The summed E-state index contributed by atoms with van der Waals surface area (Å²) in [6.45, 7) is 7.97. The van der Waals surface area contributed by atoms with Crippen molar-refractivity contribution in [2.75, 3.05) is 18.4 Å². The molecule has 2 rings (SSSR count). The van der Waals surface area contributed by atoms with Crippen LogP contribution in [0.15, 0.2) is 18.2 Å². The third-order valence-electron chi connectivity index (χ3n) is 3.91. The fourth-order valence-electron chi connectivity index (χ4n) is 2.35. The minimum Gasteiger partial charge on any atom is -0.326 e. The summed E-state index contributed by atoms with van der Waals surface area (Å²) in [4.78, 5) is 12.3. The van der Waals surface area contributed by atoms with Crippen molar-refractivity contribution in [2.45, 2.75) is 33.6 Å². The van der Waals surface area contributed by atoms with Gasteiger partial charge in [0, 0.05) is 12.2 Å². The molecule has 1 saturated heterocycles. The molecule has 1 heterocycles. The molecule has 0 spiro atoms. The van der Waals surface area contributed by atoms with Crippen LogP contribution in [0.5, 0.6) is 0 Å². The summed E-state index contributed by atoms with van der Waals surface area (Å²) >= 11 is 0. The molecule has 1 aromatic carbocycles. The van der Waals surface area contributed by atoms with Gasteiger partial charge in [0.05, 0.1) is 5.41 Å². The van der Waals surface area contributed by atoms with Gasteiger partial charge in [-0.05, 0) is 63.4 Å². The van der Waals surface area contributed by atoms with Crippen molar-refractivity contribution < 1.29 is 4.79 Å². The van der Waals surface area contributed by atoms with Crippen molar-refractivity contribution in [3.63, 3.8) is 0 Å². The molecule has 1 amide bonds. The molecule has 4 heteroatoms. The largest absolute Gasteiger partial charge is 0.326 e. The van der Waals surface area contributed by atoms with Crippen molar-refractivity contribution >= 4 is 24.0 Å². The van der Waals surface area contributed by atoms with Crippen LogP contribution in [0.25, 0.3) is 0 Å². The van der Waals surface area contributed by atoms with E-state index < -0.39 is 0 Å². The van der Waals surface area contributed by atoms with Crippen LogP contribution < -0.4 is 10.6 Å². The highest BCUT2D eigenvalue weighted by Gasteiger charge is 2.34. The molecule has 1 aliphatic rings. The lowest BCUT2D eigenvalue weighted by Crippen LogP contribution is -2.46. The quantitative estimate of drug-likeness (QED) is 0.875. The maximum Gasteiger partial charge on any atom is 0.231 e. The first-order valence-electron chi connectivity index (χ1n) is 6.61. The van der Waals surface area contributed by atoms with Gasteiger partial charge in [-0.3, -0.25) is 4.79 Å². The number of carbonyl (C=O) groups is 1. The smallest absolute Gasteiger partial charge is 0.231 e. The van der Waals surface area contributed by atoms with Gasteiger partial charge in [0.1, 0.15) is 0 Å². The van der Waals surface area contributed by atoms with Crippen molar-refractivity contribution in [1.29, 1.82) is 0 Å². The predicted molar refractivity (Wildman–Crippen MR) is 82.0 cm³/mol. The lowest BCUT2D eigenvalue weighted by molar-refractivity contribution is -0.125. The Labute approximate surface area is 121 Å². The van der Waals surface area contributed by atoms with Crippen LogP contribution in [0.3, 0.4) is 0 Å². The molecule has 2 N–H and O–H groups in total. The highest BCUT2D eigenvalue weighted by atomic mass is 35.5. The van der Waals surface area contributed by atoms with E-state index in [1.807, 2.05) is 25.1 Å². The summed E-state index contributed by atoms with van der Waals surface area (Å²) in [6, 6.07) is 6.05. The predicted octanol–water partition coefficient (Wildman–Crippen LogP) is 3.05. The first kappa shape index (κ1) is 16.0. The molecule has 0 aliphatic carbocycles. The molecule has 1 atom stereocenters. The third kappa shape index (κ3) is 3.71. The Morgan fingerprint density at radius 1 is 1.32 bits per heavy atom. The average molecular weight is 283 g/mol. The lowest BCUT2D eigenvalue weighted by Gasteiger charge is -2.32. The summed E-state index contributed by atoms with van der Waals surface area (Å²) in [5, 5.41) is 6.34. The summed E-state index contributed by atoms with van der Waals surface area (Å²) in [7, 11) is 0. The van der Waals surface area contributed by atoms with E-state index in [1.54, 1.807) is 0 Å². The van der Waals surface area contributed by atoms with Gasteiger partial charge in [-0.15, -0.1) is 12.4 Å². The van der Waals surface area contributed by atoms with Crippen LogP contribution in [0.4, 0.5) is 5.69 Å². The Hall–Kier alpha value is -1.06. The topological polar surface area (TPSA) is 41.1 Å². The first-order chi connectivity index (χ1) is 8.51. The van der Waals surface area contributed by atoms with Crippen molar-refractivity contribution in [1.82, 2.24) is 5.32 Å². The number of benzene rings is 1. The normalized spacial score (nSPS) is 22.5. The van der Waals surface area contributed by atoms with E-state index >= 15 is 0 Å². The Kier molecular flexibility index (Phi) is 5.39. The van der Waals surface area contributed by atoms with Gasteiger partial charge in [0.15, 0.2) is 0 Å². The van der Waals surface area contributed by atoms with Crippen molar-refractivity contribution in [3.05, 3.63) is 29.3 Å². The fourth-order valence-corrected chi connectivity index (χ4v) is 2.35. The second-order valence-corrected chi connectivity index (χ2v) is 5.59. The van der Waals surface area contributed by atoms with Crippen LogP contribution >= 0.6 is 12.4 Å². The molecule has 1 unspecified atom stereocenters. The van der Waals surface area contributed by atoms with Gasteiger partial charge in [0.25, 0.3) is 0 Å². The average Bonchev–Trinajstić information content (AvgIpc) is 2.35. The minimum atomic E-state index is -0.281. The molecular weight excluding hydrogens is 260 g/mol. The van der Waals surface area contributed by atoms with E-state index in [1.165, 1.54) is 11.1 Å². The number of anilines is 1. The zero-order chi connectivity index (χ0) is 13.2. The van der Waals surface area contributed by atoms with E-state index in [2.05, 4.69) is 24.5 Å². The van der Waals surface area contributed by atoms with E-state index in [0.29, 0.717) is 0 Å². The van der Waals surface area contributed by atoms with E-state index in [-0.39, 0.29) is 23.7 Å². The van der Waals surface area contributed by atoms with Crippen LogP contribution in [-0.2, 0) is 4.79 Å². The van der Waals surface area contributed by atoms with E-state index in [4.69, 9.17) is 0 Å². The van der Waals surface area contributed by atoms with E-state index in [9.17, 15) is 4.79 Å². The third-order valence-corrected chi connectivity index (χ3v) is 3.91. The molecule has 0 radical (unpaired) electrons. The standard InChI is InChI=1S/C15H22N2O.ClH/c1-11-5-6-13(9-12(11)2)17-14(18)15(3)7-4-8-16-10-15;/h5-6,9,16H,4,7-8,10H2,1-3H3,(H,17,18);1H. The Bertz CT molecular complexity index is 453. The molecule has 1 aromatic rings. The van der Waals surface area contributed by atoms with E-state index in [0.717, 1.165) is 31.6 Å². The van der Waals surface area contributed by atoms with Crippen molar-refractivity contribution in [2.24, 2.45) is 5.41 Å². The Morgan fingerprint density at radius 2 is 2.05 bits per heavy atom. The second kappa shape index (κ2) is 6.40. The lowest BCUT2D eigenvalue weighted by atomic mass is 9.82. The van der Waals surface area contributed by atoms with Crippen LogP contribution in [0.1, 0.15) is 30.9 Å². The monoisotopic (exact) mass is 282 g/mol. The van der Waals surface area contributed by atoms with Crippen LogP contribution in [0, 0.1) is 19.3 Å². The maximum atomic E-state index is 12.3. The zero-order valence-electron chi connectivity index (χ0n) is 11.9. The van der Waals surface area contributed by atoms with Gasteiger partial charge in [-0.2, -0.15) is 0 Å². The number of hydrogen-bond donors (Lipinski definition) is 2.